The minimum atomic E-state index is -0.940. The molecule has 0 aromatic carbocycles. The van der Waals surface area contributed by atoms with E-state index in [4.69, 9.17) is 9.47 Å². The number of rotatable bonds is 3. The lowest BCUT2D eigenvalue weighted by molar-refractivity contribution is -0.314. The molecule has 4 nitrogen and oxygen atoms in total. The number of aliphatic carboxylic acids is 1. The van der Waals surface area contributed by atoms with E-state index in [1.165, 1.54) is 32.1 Å². The van der Waals surface area contributed by atoms with Gasteiger partial charge in [-0.05, 0) is 30.6 Å². The van der Waals surface area contributed by atoms with Gasteiger partial charge >= 0.3 is 0 Å². The van der Waals surface area contributed by atoms with E-state index in [-0.39, 0.29) is 11.8 Å². The summed E-state index contributed by atoms with van der Waals surface area (Å²) in [5, 5.41) is 11.4. The predicted octanol–water partition coefficient (Wildman–Crippen LogP) is 1.82. The summed E-state index contributed by atoms with van der Waals surface area (Å²) in [6, 6.07) is 0. The van der Waals surface area contributed by atoms with Crippen molar-refractivity contribution in [1.82, 2.24) is 0 Å². The summed E-state index contributed by atoms with van der Waals surface area (Å²) in [7, 11) is 0. The van der Waals surface area contributed by atoms with Crippen molar-refractivity contribution in [3.05, 3.63) is 0 Å². The van der Waals surface area contributed by atoms with Crippen LogP contribution in [-0.2, 0) is 14.3 Å². The summed E-state index contributed by atoms with van der Waals surface area (Å²) in [6.07, 6.45) is 7.91. The van der Waals surface area contributed by atoms with Gasteiger partial charge in [-0.1, -0.05) is 33.1 Å². The van der Waals surface area contributed by atoms with Crippen LogP contribution in [0, 0.1) is 23.2 Å². The van der Waals surface area contributed by atoms with E-state index in [0.29, 0.717) is 11.8 Å². The molecule has 2 aliphatic carbocycles. The number of carbonyl (C=O) groups is 1. The molecule has 0 radical (unpaired) electrons. The second-order valence-corrected chi connectivity index (χ2v) is 7.80. The molecule has 2 aliphatic heterocycles. The second kappa shape index (κ2) is 3.77. The zero-order valence-corrected chi connectivity index (χ0v) is 12.3. The van der Waals surface area contributed by atoms with Crippen molar-refractivity contribution < 1.29 is 19.4 Å². The first-order valence-electron chi connectivity index (χ1n) is 8.03. The van der Waals surface area contributed by atoms with Crippen LogP contribution in [-0.4, -0.2) is 17.5 Å². The summed E-state index contributed by atoms with van der Waals surface area (Å²) < 4.78 is 11.6. The summed E-state index contributed by atoms with van der Waals surface area (Å²) in [5.74, 6) is -2.03. The average molecular weight is 279 g/mol. The molecule has 2 saturated heterocycles. The number of carboxylic acid groups (broad SMARTS) is 1. The Morgan fingerprint density at radius 1 is 1.25 bits per heavy atom. The summed E-state index contributed by atoms with van der Waals surface area (Å²) >= 11 is 0. The van der Waals surface area contributed by atoms with E-state index in [9.17, 15) is 9.90 Å². The normalized spacial score (nSPS) is 51.8. The van der Waals surface area contributed by atoms with Gasteiger partial charge in [0.1, 0.15) is 0 Å². The van der Waals surface area contributed by atoms with Gasteiger partial charge in [0.05, 0.1) is 0 Å². The van der Waals surface area contributed by atoms with Crippen LogP contribution < -0.4 is 5.11 Å². The number of carbonyl (C=O) groups excluding carboxylic acids is 1. The number of ether oxygens (including phenoxy) is 2. The van der Waals surface area contributed by atoms with E-state index in [1.807, 2.05) is 6.92 Å². The summed E-state index contributed by atoms with van der Waals surface area (Å²) in [6.45, 7) is 4.39. The predicted molar refractivity (Wildman–Crippen MR) is 69.2 cm³/mol. The van der Waals surface area contributed by atoms with E-state index < -0.39 is 23.5 Å². The Balaban J connectivity index is 1.56. The van der Waals surface area contributed by atoms with Crippen LogP contribution in [0.3, 0.4) is 0 Å². The highest BCUT2D eigenvalue weighted by Gasteiger charge is 2.95. The van der Waals surface area contributed by atoms with Crippen molar-refractivity contribution >= 4 is 5.97 Å². The Morgan fingerprint density at radius 2 is 1.90 bits per heavy atom. The standard InChI is InChI=1S/C16H24O4/c1-10-11(13(17)18)8-15-16(19-15,20-15)12(10)9-14(2)6-4-3-5-7-14/h10-12H,3-9H2,1-2H3,(H,17,18)/p-1. The molecule has 2 heterocycles. The van der Waals surface area contributed by atoms with Crippen LogP contribution in [0.2, 0.25) is 0 Å². The Hall–Kier alpha value is -0.610. The summed E-state index contributed by atoms with van der Waals surface area (Å²) in [4.78, 5) is 11.4. The first-order chi connectivity index (χ1) is 9.42. The van der Waals surface area contributed by atoms with Gasteiger partial charge in [0, 0.05) is 24.2 Å². The highest BCUT2D eigenvalue weighted by Crippen LogP contribution is 2.79. The van der Waals surface area contributed by atoms with Crippen LogP contribution in [0.1, 0.15) is 58.8 Å². The maximum atomic E-state index is 11.4. The van der Waals surface area contributed by atoms with Crippen LogP contribution in [0.15, 0.2) is 0 Å². The number of hydrogen-bond donors (Lipinski definition) is 0. The van der Waals surface area contributed by atoms with Gasteiger partial charge in [-0.3, -0.25) is 0 Å². The van der Waals surface area contributed by atoms with Crippen molar-refractivity contribution in [2.24, 2.45) is 23.2 Å². The molecule has 3 atom stereocenters. The van der Waals surface area contributed by atoms with Crippen molar-refractivity contribution in [3.8, 4) is 0 Å². The van der Waals surface area contributed by atoms with E-state index in [0.717, 1.165) is 6.42 Å². The number of hydrogen-bond acceptors (Lipinski definition) is 4. The largest absolute Gasteiger partial charge is 0.550 e. The summed E-state index contributed by atoms with van der Waals surface area (Å²) in [5.41, 5.74) is 0.323. The minimum Gasteiger partial charge on any atom is -0.550 e. The molecule has 4 fully saturated rings. The van der Waals surface area contributed by atoms with Crippen LogP contribution >= 0.6 is 0 Å². The zero-order valence-electron chi connectivity index (χ0n) is 12.3. The molecule has 4 rings (SSSR count). The first-order valence-corrected chi connectivity index (χ1v) is 8.03. The SMILES string of the molecule is CC1C(C(=O)[O-])CC23OC2(O3)C1CC1(C)CCCCC1. The fourth-order valence-electron chi connectivity index (χ4n) is 4.97. The molecule has 0 spiro atoms. The molecule has 20 heavy (non-hydrogen) atoms. The van der Waals surface area contributed by atoms with E-state index in [2.05, 4.69) is 6.92 Å². The molecular formula is C16H23O4-. The van der Waals surface area contributed by atoms with Crippen molar-refractivity contribution in [1.29, 1.82) is 0 Å². The highest BCUT2D eigenvalue weighted by atomic mass is 17.0. The molecule has 0 aromatic heterocycles. The van der Waals surface area contributed by atoms with Crippen LogP contribution in [0.5, 0.6) is 0 Å². The Labute approximate surface area is 119 Å². The average Bonchev–Trinajstić information content (AvgIpc) is 3.19. The maximum absolute atomic E-state index is 11.4. The van der Waals surface area contributed by atoms with Crippen LogP contribution in [0.25, 0.3) is 0 Å². The van der Waals surface area contributed by atoms with Gasteiger partial charge in [0.2, 0.25) is 11.6 Å². The highest BCUT2D eigenvalue weighted by molar-refractivity contribution is 5.69. The Kier molecular flexibility index (Phi) is 2.47. The molecular weight excluding hydrogens is 256 g/mol. The maximum Gasteiger partial charge on any atom is 0.232 e. The quantitative estimate of drug-likeness (QED) is 0.739. The van der Waals surface area contributed by atoms with E-state index >= 15 is 0 Å². The third kappa shape index (κ3) is 1.58. The third-order valence-electron chi connectivity index (χ3n) is 6.40. The lowest BCUT2D eigenvalue weighted by atomic mass is 9.63. The fourth-order valence-corrected chi connectivity index (χ4v) is 4.97. The topological polar surface area (TPSA) is 65.2 Å². The van der Waals surface area contributed by atoms with Crippen LogP contribution in [0.4, 0.5) is 0 Å². The Bertz CT molecular complexity index is 445. The second-order valence-electron chi connectivity index (χ2n) is 7.80. The van der Waals surface area contributed by atoms with Crippen molar-refractivity contribution in [2.45, 2.75) is 70.4 Å². The molecule has 4 aliphatic rings. The van der Waals surface area contributed by atoms with Gasteiger partial charge in [-0.2, -0.15) is 0 Å². The zero-order chi connectivity index (χ0) is 14.2. The van der Waals surface area contributed by atoms with Gasteiger partial charge in [-0.25, -0.2) is 0 Å². The van der Waals surface area contributed by atoms with Crippen molar-refractivity contribution in [2.75, 3.05) is 0 Å². The molecule has 3 unspecified atom stereocenters. The van der Waals surface area contributed by atoms with Gasteiger partial charge in [-0.15, -0.1) is 0 Å². The monoisotopic (exact) mass is 279 g/mol. The smallest absolute Gasteiger partial charge is 0.232 e. The molecule has 0 aromatic rings. The lowest BCUT2D eigenvalue weighted by Crippen LogP contribution is -2.44. The Morgan fingerprint density at radius 3 is 2.50 bits per heavy atom. The lowest BCUT2D eigenvalue weighted by Gasteiger charge is -2.40. The molecule has 0 N–H and O–H groups in total. The first kappa shape index (κ1) is 13.1. The molecule has 0 bridgehead atoms. The molecule has 112 valence electrons. The third-order valence-corrected chi connectivity index (χ3v) is 6.40. The molecule has 4 heteroatoms. The minimum absolute atomic E-state index is 0.0804. The van der Waals surface area contributed by atoms with Gasteiger partial charge in [0.15, 0.2) is 0 Å². The van der Waals surface area contributed by atoms with Gasteiger partial charge < -0.3 is 19.4 Å². The van der Waals surface area contributed by atoms with Crippen molar-refractivity contribution in [3.63, 3.8) is 0 Å². The van der Waals surface area contributed by atoms with E-state index in [1.54, 1.807) is 0 Å². The van der Waals surface area contributed by atoms with Gasteiger partial charge in [0.25, 0.3) is 0 Å². The molecule has 2 saturated carbocycles. The molecule has 0 amide bonds. The fraction of sp³-hybridized carbons (Fsp3) is 0.938. The number of carboxylic acids is 1. The number of epoxide rings is 2.